The number of hydrogen-bond acceptors (Lipinski definition) is 3. The summed E-state index contributed by atoms with van der Waals surface area (Å²) in [4.78, 5) is 12.2. The van der Waals surface area contributed by atoms with Crippen molar-refractivity contribution in [2.75, 3.05) is 11.5 Å². The molecule has 1 amide bonds. The van der Waals surface area contributed by atoms with Gasteiger partial charge in [0.05, 0.1) is 0 Å². The summed E-state index contributed by atoms with van der Waals surface area (Å²) in [5.74, 6) is 1.07. The van der Waals surface area contributed by atoms with Gasteiger partial charge in [-0.25, -0.2) is 0 Å². The van der Waals surface area contributed by atoms with E-state index in [9.17, 15) is 4.79 Å². The van der Waals surface area contributed by atoms with Gasteiger partial charge in [-0.15, -0.1) is 11.8 Å². The molecule has 0 bridgehead atoms. The van der Waals surface area contributed by atoms with E-state index in [4.69, 9.17) is 5.73 Å². The second-order valence-corrected chi connectivity index (χ2v) is 5.22. The summed E-state index contributed by atoms with van der Waals surface area (Å²) in [5, 5.41) is 2.96. The number of rotatable bonds is 3. The minimum absolute atomic E-state index is 0.169. The first-order valence-electron chi connectivity index (χ1n) is 5.43. The fraction of sp³-hybridized carbons (Fsp3) is 0.417. The van der Waals surface area contributed by atoms with Crippen molar-refractivity contribution in [1.29, 1.82) is 0 Å². The van der Waals surface area contributed by atoms with Gasteiger partial charge < -0.3 is 11.1 Å². The Labute approximate surface area is 99.8 Å². The largest absolute Gasteiger partial charge is 0.398 e. The average Bonchev–Trinajstić information content (AvgIpc) is 2.66. The Kier molecular flexibility index (Phi) is 3.39. The Morgan fingerprint density at radius 3 is 3.06 bits per heavy atom. The molecule has 3 N–H and O–H groups in total. The quantitative estimate of drug-likeness (QED) is 0.623. The minimum Gasteiger partial charge on any atom is -0.398 e. The highest BCUT2D eigenvalue weighted by Gasteiger charge is 2.20. The van der Waals surface area contributed by atoms with Crippen molar-refractivity contribution in [3.8, 4) is 0 Å². The first kappa shape index (κ1) is 11.3. The van der Waals surface area contributed by atoms with Gasteiger partial charge in [0.25, 0.3) is 0 Å². The molecule has 1 aliphatic heterocycles. The van der Waals surface area contributed by atoms with Crippen molar-refractivity contribution >= 4 is 23.4 Å². The van der Waals surface area contributed by atoms with Gasteiger partial charge in [0.2, 0.25) is 5.91 Å². The number of nitrogen functional groups attached to an aromatic ring is 1. The van der Waals surface area contributed by atoms with Gasteiger partial charge >= 0.3 is 0 Å². The monoisotopic (exact) mass is 236 g/mol. The summed E-state index contributed by atoms with van der Waals surface area (Å²) in [6.45, 7) is 2.06. The molecule has 2 rings (SSSR count). The predicted molar refractivity (Wildman–Crippen MR) is 67.5 cm³/mol. The van der Waals surface area contributed by atoms with Gasteiger partial charge in [0.15, 0.2) is 0 Å². The Morgan fingerprint density at radius 2 is 2.38 bits per heavy atom. The van der Waals surface area contributed by atoms with E-state index in [0.29, 0.717) is 12.5 Å². The molecule has 0 aromatic heterocycles. The molecule has 1 unspecified atom stereocenters. The maximum Gasteiger partial charge on any atom is 0.220 e. The second-order valence-electron chi connectivity index (χ2n) is 4.16. The Hall–Kier alpha value is -1.16. The number of nitrogens with one attached hydrogen (secondary N) is 1. The fourth-order valence-electron chi connectivity index (χ4n) is 1.76. The van der Waals surface area contributed by atoms with Crippen LogP contribution in [-0.2, 0) is 4.79 Å². The molecule has 4 heteroatoms. The zero-order valence-electron chi connectivity index (χ0n) is 9.32. The lowest BCUT2D eigenvalue weighted by Crippen LogP contribution is -2.27. The predicted octanol–water partition coefficient (Wildman–Crippen LogP) is 1.95. The summed E-state index contributed by atoms with van der Waals surface area (Å²) < 4.78 is 0. The lowest BCUT2D eigenvalue weighted by Gasteiger charge is -2.11. The third-order valence-corrected chi connectivity index (χ3v) is 3.93. The number of thioether (sulfide) groups is 1. The van der Waals surface area contributed by atoms with Crippen LogP contribution in [0.5, 0.6) is 0 Å². The van der Waals surface area contributed by atoms with Gasteiger partial charge in [0, 0.05) is 28.8 Å². The maximum atomic E-state index is 11.0. The zero-order valence-corrected chi connectivity index (χ0v) is 10.1. The Balaban J connectivity index is 1.94. The van der Waals surface area contributed by atoms with Crippen LogP contribution in [-0.4, -0.2) is 17.7 Å². The van der Waals surface area contributed by atoms with E-state index >= 15 is 0 Å². The van der Waals surface area contributed by atoms with E-state index in [0.717, 1.165) is 22.8 Å². The molecule has 1 heterocycles. The Bertz CT molecular complexity index is 406. The molecule has 0 saturated carbocycles. The number of hydrogen-bond donors (Lipinski definition) is 2. The molecule has 0 spiro atoms. The highest BCUT2D eigenvalue weighted by Crippen LogP contribution is 2.27. The highest BCUT2D eigenvalue weighted by molar-refractivity contribution is 7.99. The molecule has 1 fully saturated rings. The standard InChI is InChI=1S/C12H16N2OS/c1-8-2-4-10(13)11(6-8)16-7-9-3-5-12(15)14-9/h2,4,6,9H,3,5,7,13H2,1H3,(H,14,15). The molecule has 1 saturated heterocycles. The van der Waals surface area contributed by atoms with E-state index in [-0.39, 0.29) is 5.91 Å². The van der Waals surface area contributed by atoms with Crippen molar-refractivity contribution in [1.82, 2.24) is 5.32 Å². The van der Waals surface area contributed by atoms with E-state index in [2.05, 4.69) is 18.3 Å². The molecule has 3 nitrogen and oxygen atoms in total. The van der Waals surface area contributed by atoms with Crippen molar-refractivity contribution in [3.63, 3.8) is 0 Å². The molecule has 1 aliphatic rings. The molecule has 0 radical (unpaired) electrons. The van der Waals surface area contributed by atoms with E-state index in [1.54, 1.807) is 11.8 Å². The summed E-state index contributed by atoms with van der Waals surface area (Å²) in [6.07, 6.45) is 1.60. The average molecular weight is 236 g/mol. The minimum atomic E-state index is 0.169. The van der Waals surface area contributed by atoms with E-state index in [1.165, 1.54) is 5.56 Å². The number of carbonyl (C=O) groups is 1. The Morgan fingerprint density at radius 1 is 1.56 bits per heavy atom. The lowest BCUT2D eigenvalue weighted by atomic mass is 10.2. The topological polar surface area (TPSA) is 55.1 Å². The van der Waals surface area contributed by atoms with Gasteiger partial charge in [0.1, 0.15) is 0 Å². The van der Waals surface area contributed by atoms with Crippen molar-refractivity contribution in [2.24, 2.45) is 0 Å². The van der Waals surface area contributed by atoms with Crippen molar-refractivity contribution in [2.45, 2.75) is 30.7 Å². The van der Waals surface area contributed by atoms with Crippen LogP contribution in [0, 0.1) is 6.92 Å². The van der Waals surface area contributed by atoms with Crippen molar-refractivity contribution < 1.29 is 4.79 Å². The van der Waals surface area contributed by atoms with Crippen LogP contribution in [0.3, 0.4) is 0 Å². The lowest BCUT2D eigenvalue weighted by molar-refractivity contribution is -0.119. The number of nitrogens with two attached hydrogens (primary N) is 1. The summed E-state index contributed by atoms with van der Waals surface area (Å²) >= 11 is 1.72. The van der Waals surface area contributed by atoms with Gasteiger partial charge in [-0.1, -0.05) is 6.07 Å². The molecule has 16 heavy (non-hydrogen) atoms. The fourth-order valence-corrected chi connectivity index (χ4v) is 2.89. The molecule has 0 aliphatic carbocycles. The molecule has 1 aromatic carbocycles. The van der Waals surface area contributed by atoms with Crippen LogP contribution in [0.25, 0.3) is 0 Å². The first-order valence-corrected chi connectivity index (χ1v) is 6.42. The van der Waals surface area contributed by atoms with Crippen LogP contribution in [0.1, 0.15) is 18.4 Å². The SMILES string of the molecule is Cc1ccc(N)c(SCC2CCC(=O)N2)c1. The number of benzene rings is 1. The number of aryl methyl sites for hydroxylation is 1. The van der Waals surface area contributed by atoms with Crippen LogP contribution in [0.2, 0.25) is 0 Å². The van der Waals surface area contributed by atoms with Gasteiger partial charge in [-0.2, -0.15) is 0 Å². The van der Waals surface area contributed by atoms with Crippen LogP contribution in [0.4, 0.5) is 5.69 Å². The third-order valence-electron chi connectivity index (χ3n) is 2.69. The van der Waals surface area contributed by atoms with Crippen LogP contribution in [0.15, 0.2) is 23.1 Å². The van der Waals surface area contributed by atoms with Crippen LogP contribution < -0.4 is 11.1 Å². The molecule has 1 atom stereocenters. The van der Waals surface area contributed by atoms with Gasteiger partial charge in [-0.3, -0.25) is 4.79 Å². The molecular weight excluding hydrogens is 220 g/mol. The smallest absolute Gasteiger partial charge is 0.220 e. The van der Waals surface area contributed by atoms with E-state index in [1.807, 2.05) is 12.1 Å². The maximum absolute atomic E-state index is 11.0. The molecule has 1 aromatic rings. The number of anilines is 1. The number of amides is 1. The molecule has 86 valence electrons. The van der Waals surface area contributed by atoms with E-state index < -0.39 is 0 Å². The van der Waals surface area contributed by atoms with Crippen LogP contribution >= 0.6 is 11.8 Å². The molecular formula is C12H16N2OS. The summed E-state index contributed by atoms with van der Waals surface area (Å²) in [6, 6.07) is 6.34. The normalized spacial score (nSPS) is 19.8. The highest BCUT2D eigenvalue weighted by atomic mass is 32.2. The summed E-state index contributed by atoms with van der Waals surface area (Å²) in [5.41, 5.74) is 7.93. The third kappa shape index (κ3) is 2.70. The second kappa shape index (κ2) is 4.78. The van der Waals surface area contributed by atoms with Gasteiger partial charge in [-0.05, 0) is 31.0 Å². The van der Waals surface area contributed by atoms with Crippen molar-refractivity contribution in [3.05, 3.63) is 23.8 Å². The number of carbonyl (C=O) groups excluding carboxylic acids is 1. The first-order chi connectivity index (χ1) is 7.65. The zero-order chi connectivity index (χ0) is 11.5. The summed E-state index contributed by atoms with van der Waals surface area (Å²) in [7, 11) is 0.